The van der Waals surface area contributed by atoms with E-state index in [2.05, 4.69) is 21.2 Å². The van der Waals surface area contributed by atoms with Crippen LogP contribution < -0.4 is 11.1 Å². The van der Waals surface area contributed by atoms with Gasteiger partial charge in [-0.15, -0.1) is 0 Å². The smallest absolute Gasteiger partial charge is 0.251 e. The molecule has 80 valence electrons. The number of carbonyl (C=O) groups is 1. The highest BCUT2D eigenvalue weighted by Gasteiger charge is 2.21. The minimum absolute atomic E-state index is 0.0935. The number of ether oxygens (including phenoxy) is 1. The summed E-state index contributed by atoms with van der Waals surface area (Å²) in [5.41, 5.74) is 6.85. The van der Waals surface area contributed by atoms with Crippen LogP contribution in [0.15, 0.2) is 22.7 Å². The molecule has 3 N–H and O–H groups in total. The molecule has 1 aromatic carbocycles. The highest BCUT2D eigenvalue weighted by atomic mass is 79.9. The Morgan fingerprint density at radius 3 is 2.80 bits per heavy atom. The molecule has 0 spiro atoms. The van der Waals surface area contributed by atoms with Crippen molar-refractivity contribution >= 4 is 27.5 Å². The molecule has 15 heavy (non-hydrogen) atoms. The van der Waals surface area contributed by atoms with Crippen LogP contribution in [0.2, 0.25) is 0 Å². The first-order chi connectivity index (χ1) is 7.16. The Morgan fingerprint density at radius 1 is 1.53 bits per heavy atom. The Balaban J connectivity index is 2.07. The van der Waals surface area contributed by atoms with Gasteiger partial charge in [0.15, 0.2) is 0 Å². The van der Waals surface area contributed by atoms with Gasteiger partial charge in [0.25, 0.3) is 5.91 Å². The van der Waals surface area contributed by atoms with Crippen LogP contribution in [0, 0.1) is 0 Å². The summed E-state index contributed by atoms with van der Waals surface area (Å²) in [7, 11) is 0. The Morgan fingerprint density at radius 2 is 2.27 bits per heavy atom. The van der Waals surface area contributed by atoms with E-state index >= 15 is 0 Å². The molecule has 0 atom stereocenters. The van der Waals surface area contributed by atoms with E-state index in [1.165, 1.54) is 0 Å². The lowest BCUT2D eigenvalue weighted by Crippen LogP contribution is -2.48. The number of nitrogens with two attached hydrogens (primary N) is 1. The van der Waals surface area contributed by atoms with Crippen molar-refractivity contribution in [3.63, 3.8) is 0 Å². The second kappa shape index (κ2) is 4.20. The van der Waals surface area contributed by atoms with E-state index in [0.717, 1.165) is 4.47 Å². The van der Waals surface area contributed by atoms with Crippen LogP contribution in [0.3, 0.4) is 0 Å². The lowest BCUT2D eigenvalue weighted by atomic mass is 10.1. The summed E-state index contributed by atoms with van der Waals surface area (Å²) < 4.78 is 5.71. The number of halogens is 1. The topological polar surface area (TPSA) is 64.4 Å². The fourth-order valence-corrected chi connectivity index (χ4v) is 1.63. The van der Waals surface area contributed by atoms with Gasteiger partial charge in [-0.05, 0) is 34.1 Å². The van der Waals surface area contributed by atoms with Gasteiger partial charge in [0.2, 0.25) is 0 Å². The molecule has 1 aliphatic rings. The van der Waals surface area contributed by atoms with Crippen molar-refractivity contribution in [2.75, 3.05) is 18.9 Å². The van der Waals surface area contributed by atoms with Crippen LogP contribution in [0.25, 0.3) is 0 Å². The number of nitrogen functional groups attached to an aromatic ring is 1. The van der Waals surface area contributed by atoms with Gasteiger partial charge < -0.3 is 15.8 Å². The monoisotopic (exact) mass is 270 g/mol. The van der Waals surface area contributed by atoms with Crippen molar-refractivity contribution < 1.29 is 9.53 Å². The zero-order valence-electron chi connectivity index (χ0n) is 8.00. The SMILES string of the molecule is Nc1ccc(C(=O)NC2COC2)cc1Br. The molecule has 0 radical (unpaired) electrons. The van der Waals surface area contributed by atoms with Gasteiger partial charge in [-0.3, -0.25) is 4.79 Å². The highest BCUT2D eigenvalue weighted by molar-refractivity contribution is 9.10. The fraction of sp³-hybridized carbons (Fsp3) is 0.300. The van der Waals surface area contributed by atoms with Gasteiger partial charge in [0.05, 0.1) is 19.3 Å². The molecular weight excluding hydrogens is 260 g/mol. The van der Waals surface area contributed by atoms with E-state index in [9.17, 15) is 4.79 Å². The summed E-state index contributed by atoms with van der Waals surface area (Å²) in [6.07, 6.45) is 0. The lowest BCUT2D eigenvalue weighted by molar-refractivity contribution is -0.00346. The van der Waals surface area contributed by atoms with Crippen molar-refractivity contribution in [2.24, 2.45) is 0 Å². The van der Waals surface area contributed by atoms with Crippen molar-refractivity contribution in [3.8, 4) is 0 Å². The number of nitrogens with one attached hydrogen (secondary N) is 1. The van der Waals surface area contributed by atoms with Gasteiger partial charge in [0, 0.05) is 15.7 Å². The molecule has 0 aliphatic carbocycles. The number of hydrogen-bond acceptors (Lipinski definition) is 3. The zero-order chi connectivity index (χ0) is 10.8. The van der Waals surface area contributed by atoms with Gasteiger partial charge in [-0.2, -0.15) is 0 Å². The third-order valence-electron chi connectivity index (χ3n) is 2.24. The van der Waals surface area contributed by atoms with E-state index < -0.39 is 0 Å². The van der Waals surface area contributed by atoms with Crippen LogP contribution in [-0.4, -0.2) is 25.2 Å². The standard InChI is InChI=1S/C10H11BrN2O2/c11-8-3-6(1-2-9(8)12)10(14)13-7-4-15-5-7/h1-3,7H,4-5,12H2,(H,13,14). The predicted octanol–water partition coefficient (Wildman–Crippen LogP) is 1.16. The van der Waals surface area contributed by atoms with E-state index in [1.807, 2.05) is 0 Å². The van der Waals surface area contributed by atoms with Crippen molar-refractivity contribution in [3.05, 3.63) is 28.2 Å². The van der Waals surface area contributed by atoms with Crippen LogP contribution >= 0.6 is 15.9 Å². The van der Waals surface area contributed by atoms with Crippen molar-refractivity contribution in [2.45, 2.75) is 6.04 Å². The first-order valence-corrected chi connectivity index (χ1v) is 5.40. The molecule has 1 aromatic rings. The van der Waals surface area contributed by atoms with Gasteiger partial charge in [0.1, 0.15) is 0 Å². The van der Waals surface area contributed by atoms with E-state index in [0.29, 0.717) is 24.5 Å². The molecule has 5 heteroatoms. The van der Waals surface area contributed by atoms with Gasteiger partial charge >= 0.3 is 0 Å². The Labute approximate surface area is 95.9 Å². The maximum absolute atomic E-state index is 11.7. The molecule has 0 saturated carbocycles. The Kier molecular flexibility index (Phi) is 2.93. The fourth-order valence-electron chi connectivity index (χ4n) is 1.26. The molecule has 0 aromatic heterocycles. The number of amides is 1. The van der Waals surface area contributed by atoms with Gasteiger partial charge in [-0.25, -0.2) is 0 Å². The van der Waals surface area contributed by atoms with Crippen molar-refractivity contribution in [1.29, 1.82) is 0 Å². The molecule has 1 aliphatic heterocycles. The van der Waals surface area contributed by atoms with Crippen LogP contribution in [0.4, 0.5) is 5.69 Å². The van der Waals surface area contributed by atoms with Crippen LogP contribution in [0.1, 0.15) is 10.4 Å². The quantitative estimate of drug-likeness (QED) is 0.793. The summed E-state index contributed by atoms with van der Waals surface area (Å²) >= 11 is 3.28. The van der Waals surface area contributed by atoms with E-state index in [1.54, 1.807) is 18.2 Å². The highest BCUT2D eigenvalue weighted by Crippen LogP contribution is 2.20. The average molecular weight is 271 g/mol. The summed E-state index contributed by atoms with van der Waals surface area (Å²) in [5.74, 6) is -0.0935. The number of rotatable bonds is 2. The largest absolute Gasteiger partial charge is 0.398 e. The number of hydrogen-bond donors (Lipinski definition) is 2. The van der Waals surface area contributed by atoms with E-state index in [-0.39, 0.29) is 11.9 Å². The molecular formula is C10H11BrN2O2. The van der Waals surface area contributed by atoms with Crippen LogP contribution in [-0.2, 0) is 4.74 Å². The maximum atomic E-state index is 11.7. The number of benzene rings is 1. The zero-order valence-corrected chi connectivity index (χ0v) is 9.58. The Hall–Kier alpha value is -1.07. The minimum Gasteiger partial charge on any atom is -0.398 e. The summed E-state index contributed by atoms with van der Waals surface area (Å²) in [5, 5.41) is 2.85. The minimum atomic E-state index is -0.0935. The van der Waals surface area contributed by atoms with Gasteiger partial charge in [-0.1, -0.05) is 0 Å². The number of carbonyl (C=O) groups excluding carboxylic acids is 1. The third kappa shape index (κ3) is 2.30. The number of anilines is 1. The average Bonchev–Trinajstić information content (AvgIpc) is 2.15. The molecule has 1 saturated heterocycles. The Bertz CT molecular complexity index is 391. The lowest BCUT2D eigenvalue weighted by Gasteiger charge is -2.26. The van der Waals surface area contributed by atoms with Crippen molar-refractivity contribution in [1.82, 2.24) is 5.32 Å². The first kappa shape index (κ1) is 10.4. The summed E-state index contributed by atoms with van der Waals surface area (Å²) in [6.45, 7) is 1.20. The third-order valence-corrected chi connectivity index (χ3v) is 2.92. The second-order valence-electron chi connectivity index (χ2n) is 3.44. The normalized spacial score (nSPS) is 15.8. The molecule has 0 bridgehead atoms. The van der Waals surface area contributed by atoms with Crippen LogP contribution in [0.5, 0.6) is 0 Å². The molecule has 1 heterocycles. The first-order valence-electron chi connectivity index (χ1n) is 4.60. The molecule has 1 fully saturated rings. The molecule has 1 amide bonds. The molecule has 4 nitrogen and oxygen atoms in total. The summed E-state index contributed by atoms with van der Waals surface area (Å²) in [6, 6.07) is 5.27. The summed E-state index contributed by atoms with van der Waals surface area (Å²) in [4.78, 5) is 11.7. The predicted molar refractivity (Wildman–Crippen MR) is 60.6 cm³/mol. The van der Waals surface area contributed by atoms with E-state index in [4.69, 9.17) is 10.5 Å². The molecule has 0 unspecified atom stereocenters. The molecule has 2 rings (SSSR count). The maximum Gasteiger partial charge on any atom is 0.251 e. The second-order valence-corrected chi connectivity index (χ2v) is 4.30.